The highest BCUT2D eigenvalue weighted by molar-refractivity contribution is 7.99. The molecule has 2 heterocycles. The van der Waals surface area contributed by atoms with Crippen molar-refractivity contribution >= 4 is 17.7 Å². The van der Waals surface area contributed by atoms with Crippen LogP contribution in [0, 0.1) is 5.41 Å². The standard InChI is InChI=1S/C17H25N3OS/c18-15-7-9-19-12-17(15,16(21)20-10-11-22-13-20)8-6-14-4-2-1-3-5-14/h1-5,15,19H,6-13,18H2/t15-,17+/m1/s1. The molecule has 3 N–H and O–H groups in total. The number of hydrogen-bond acceptors (Lipinski definition) is 4. The Balaban J connectivity index is 1.78. The summed E-state index contributed by atoms with van der Waals surface area (Å²) in [6.07, 6.45) is 2.61. The third kappa shape index (κ3) is 3.16. The van der Waals surface area contributed by atoms with Gasteiger partial charge in [0.2, 0.25) is 5.91 Å². The fourth-order valence-corrected chi connectivity index (χ4v) is 4.44. The summed E-state index contributed by atoms with van der Waals surface area (Å²) in [4.78, 5) is 15.1. The molecule has 4 nitrogen and oxygen atoms in total. The fraction of sp³-hybridized carbons (Fsp3) is 0.588. The van der Waals surface area contributed by atoms with Crippen LogP contribution in [0.15, 0.2) is 30.3 Å². The van der Waals surface area contributed by atoms with Crippen molar-refractivity contribution in [3.63, 3.8) is 0 Å². The zero-order chi connectivity index (χ0) is 15.4. The molecule has 22 heavy (non-hydrogen) atoms. The molecule has 2 atom stereocenters. The highest BCUT2D eigenvalue weighted by Crippen LogP contribution is 2.35. The molecule has 5 heteroatoms. The number of aryl methyl sites for hydroxylation is 1. The first-order chi connectivity index (χ1) is 10.7. The Kier molecular flexibility index (Phi) is 5.06. The van der Waals surface area contributed by atoms with Crippen molar-refractivity contribution in [3.8, 4) is 0 Å². The minimum absolute atomic E-state index is 0.0458. The van der Waals surface area contributed by atoms with E-state index in [1.165, 1.54) is 5.56 Å². The number of carbonyl (C=O) groups excluding carboxylic acids is 1. The van der Waals surface area contributed by atoms with Crippen LogP contribution in [0.3, 0.4) is 0 Å². The van der Waals surface area contributed by atoms with Crippen molar-refractivity contribution in [2.24, 2.45) is 11.1 Å². The second-order valence-corrected chi connectivity index (χ2v) is 7.39. The number of hydrogen-bond donors (Lipinski definition) is 2. The molecule has 1 aromatic carbocycles. The predicted molar refractivity (Wildman–Crippen MR) is 91.7 cm³/mol. The van der Waals surface area contributed by atoms with Gasteiger partial charge in [-0.15, -0.1) is 11.8 Å². The van der Waals surface area contributed by atoms with Gasteiger partial charge < -0.3 is 16.0 Å². The molecule has 0 unspecified atom stereocenters. The monoisotopic (exact) mass is 319 g/mol. The largest absolute Gasteiger partial charge is 0.332 e. The predicted octanol–water partition coefficient (Wildman–Crippen LogP) is 1.46. The first-order valence-electron chi connectivity index (χ1n) is 8.10. The summed E-state index contributed by atoms with van der Waals surface area (Å²) in [5.74, 6) is 2.12. The smallest absolute Gasteiger partial charge is 0.232 e. The molecule has 0 aromatic heterocycles. The number of benzene rings is 1. The van der Waals surface area contributed by atoms with Crippen LogP contribution in [0.2, 0.25) is 0 Å². The SMILES string of the molecule is N[C@@H]1CCNC[C@]1(CCc1ccccc1)C(=O)N1CCSC1. The number of rotatable bonds is 4. The van der Waals surface area contributed by atoms with E-state index in [4.69, 9.17) is 5.73 Å². The van der Waals surface area contributed by atoms with Gasteiger partial charge in [-0.25, -0.2) is 0 Å². The van der Waals surface area contributed by atoms with Crippen LogP contribution >= 0.6 is 11.8 Å². The van der Waals surface area contributed by atoms with E-state index in [2.05, 4.69) is 29.6 Å². The van der Waals surface area contributed by atoms with Crippen LogP contribution in [0.4, 0.5) is 0 Å². The summed E-state index contributed by atoms with van der Waals surface area (Å²) in [7, 11) is 0. The second-order valence-electron chi connectivity index (χ2n) is 6.32. The number of amides is 1. The zero-order valence-electron chi connectivity index (χ0n) is 13.0. The molecule has 1 amide bonds. The molecular weight excluding hydrogens is 294 g/mol. The number of nitrogens with one attached hydrogen (secondary N) is 1. The lowest BCUT2D eigenvalue weighted by Gasteiger charge is -2.43. The van der Waals surface area contributed by atoms with Crippen molar-refractivity contribution in [2.45, 2.75) is 25.3 Å². The van der Waals surface area contributed by atoms with Crippen LogP contribution in [-0.2, 0) is 11.2 Å². The number of nitrogens with two attached hydrogens (primary N) is 1. The van der Waals surface area contributed by atoms with Gasteiger partial charge in [-0.1, -0.05) is 30.3 Å². The van der Waals surface area contributed by atoms with Crippen molar-refractivity contribution < 1.29 is 4.79 Å². The highest BCUT2D eigenvalue weighted by atomic mass is 32.2. The van der Waals surface area contributed by atoms with Gasteiger partial charge in [0.25, 0.3) is 0 Å². The maximum Gasteiger partial charge on any atom is 0.232 e. The van der Waals surface area contributed by atoms with E-state index < -0.39 is 5.41 Å². The number of nitrogens with zero attached hydrogens (tertiary/aromatic N) is 1. The third-order valence-corrected chi connectivity index (χ3v) is 5.92. The molecule has 1 aromatic rings. The van der Waals surface area contributed by atoms with Crippen molar-refractivity contribution in [3.05, 3.63) is 35.9 Å². The molecule has 2 aliphatic rings. The Morgan fingerprint density at radius 3 is 2.91 bits per heavy atom. The van der Waals surface area contributed by atoms with Gasteiger partial charge in [-0.2, -0.15) is 0 Å². The van der Waals surface area contributed by atoms with Gasteiger partial charge in [-0.05, 0) is 31.4 Å². The Morgan fingerprint density at radius 1 is 1.41 bits per heavy atom. The Morgan fingerprint density at radius 2 is 2.23 bits per heavy atom. The highest BCUT2D eigenvalue weighted by Gasteiger charge is 2.47. The van der Waals surface area contributed by atoms with E-state index in [-0.39, 0.29) is 11.9 Å². The van der Waals surface area contributed by atoms with Crippen LogP contribution in [0.5, 0.6) is 0 Å². The summed E-state index contributed by atoms with van der Waals surface area (Å²) in [6, 6.07) is 10.4. The first-order valence-corrected chi connectivity index (χ1v) is 9.25. The molecule has 0 spiro atoms. The molecule has 0 bridgehead atoms. The molecule has 2 saturated heterocycles. The van der Waals surface area contributed by atoms with E-state index in [9.17, 15) is 4.79 Å². The average Bonchev–Trinajstić information content (AvgIpc) is 3.09. The van der Waals surface area contributed by atoms with E-state index in [0.29, 0.717) is 6.54 Å². The lowest BCUT2D eigenvalue weighted by molar-refractivity contribution is -0.143. The summed E-state index contributed by atoms with van der Waals surface area (Å²) in [5.41, 5.74) is 7.29. The number of thioether (sulfide) groups is 1. The minimum atomic E-state index is -0.445. The third-order valence-electron chi connectivity index (χ3n) is 4.95. The molecule has 2 aliphatic heterocycles. The lowest BCUT2D eigenvalue weighted by Crippen LogP contribution is -2.61. The lowest BCUT2D eigenvalue weighted by atomic mass is 9.71. The van der Waals surface area contributed by atoms with Gasteiger partial charge in [0, 0.05) is 24.9 Å². The van der Waals surface area contributed by atoms with Crippen molar-refractivity contribution in [2.75, 3.05) is 31.3 Å². The van der Waals surface area contributed by atoms with Crippen LogP contribution in [0.25, 0.3) is 0 Å². The van der Waals surface area contributed by atoms with Crippen LogP contribution in [-0.4, -0.2) is 48.1 Å². The summed E-state index contributed by atoms with van der Waals surface area (Å²) in [5, 5.41) is 3.41. The van der Waals surface area contributed by atoms with Crippen molar-refractivity contribution in [1.82, 2.24) is 10.2 Å². The zero-order valence-corrected chi connectivity index (χ0v) is 13.8. The average molecular weight is 319 g/mol. The number of carbonyl (C=O) groups is 1. The fourth-order valence-electron chi connectivity index (χ4n) is 3.49. The first kappa shape index (κ1) is 15.8. The summed E-state index contributed by atoms with van der Waals surface area (Å²) < 4.78 is 0. The second kappa shape index (κ2) is 7.02. The van der Waals surface area contributed by atoms with Gasteiger partial charge in [-0.3, -0.25) is 4.79 Å². The van der Waals surface area contributed by atoms with E-state index in [1.54, 1.807) is 0 Å². The molecule has 0 saturated carbocycles. The molecule has 0 aliphatic carbocycles. The number of piperidine rings is 1. The molecule has 0 radical (unpaired) electrons. The molecular formula is C17H25N3OS. The van der Waals surface area contributed by atoms with Crippen LogP contribution in [0.1, 0.15) is 18.4 Å². The molecule has 3 rings (SSSR count). The quantitative estimate of drug-likeness (QED) is 0.882. The van der Waals surface area contributed by atoms with Crippen molar-refractivity contribution in [1.29, 1.82) is 0 Å². The van der Waals surface area contributed by atoms with Gasteiger partial charge in [0.1, 0.15) is 0 Å². The van der Waals surface area contributed by atoms with E-state index >= 15 is 0 Å². The van der Waals surface area contributed by atoms with Crippen LogP contribution < -0.4 is 11.1 Å². The Bertz CT molecular complexity index is 504. The summed E-state index contributed by atoms with van der Waals surface area (Å²) in [6.45, 7) is 2.49. The normalized spacial score (nSPS) is 28.8. The Labute approximate surface area is 136 Å². The topological polar surface area (TPSA) is 58.4 Å². The minimum Gasteiger partial charge on any atom is -0.332 e. The van der Waals surface area contributed by atoms with E-state index in [1.807, 2.05) is 22.7 Å². The maximum absolute atomic E-state index is 13.1. The van der Waals surface area contributed by atoms with Gasteiger partial charge >= 0.3 is 0 Å². The molecule has 120 valence electrons. The Hall–Kier alpha value is -1.04. The van der Waals surface area contributed by atoms with Gasteiger partial charge in [0.15, 0.2) is 0 Å². The molecule has 2 fully saturated rings. The maximum atomic E-state index is 13.1. The summed E-state index contributed by atoms with van der Waals surface area (Å²) >= 11 is 1.83. The van der Waals surface area contributed by atoms with Gasteiger partial charge in [0.05, 0.1) is 11.3 Å². The van der Waals surface area contributed by atoms with E-state index in [0.717, 1.165) is 44.0 Å².